The maximum atomic E-state index is 12.4. The minimum atomic E-state index is 0.0165. The molecule has 2 aliphatic rings. The Morgan fingerprint density at radius 1 is 1.07 bits per heavy atom. The molecule has 43 heavy (non-hydrogen) atoms. The second-order valence-electron chi connectivity index (χ2n) is 11.6. The fraction of sp³-hybridized carbons (Fsp3) is 0.303. The van der Waals surface area contributed by atoms with E-state index in [1.165, 1.54) is 17.2 Å². The van der Waals surface area contributed by atoms with E-state index in [0.717, 1.165) is 48.1 Å². The lowest BCUT2D eigenvalue weighted by Crippen LogP contribution is -2.54. The van der Waals surface area contributed by atoms with Crippen LogP contribution in [0.4, 0.5) is 5.82 Å². The Bertz CT molecular complexity index is 1810. The van der Waals surface area contributed by atoms with E-state index in [4.69, 9.17) is 15.7 Å². The van der Waals surface area contributed by atoms with Gasteiger partial charge < -0.3 is 16.0 Å². The summed E-state index contributed by atoms with van der Waals surface area (Å²) in [6.45, 7) is 7.95. The monoisotopic (exact) mass is 573 g/mol. The summed E-state index contributed by atoms with van der Waals surface area (Å²) in [7, 11) is 0. The highest BCUT2D eigenvalue weighted by Crippen LogP contribution is 2.37. The van der Waals surface area contributed by atoms with Crippen LogP contribution in [0.1, 0.15) is 50.3 Å². The normalized spacial score (nSPS) is 21.7. The van der Waals surface area contributed by atoms with E-state index in [1.807, 2.05) is 41.4 Å². The molecule has 0 radical (unpaired) electrons. The maximum Gasteiger partial charge on any atom is 0.246 e. The average molecular weight is 574 g/mol. The fourth-order valence-electron chi connectivity index (χ4n) is 6.97. The van der Waals surface area contributed by atoms with Crippen LogP contribution in [0.25, 0.3) is 34.1 Å². The fourth-order valence-corrected chi connectivity index (χ4v) is 6.97. The molecule has 10 heteroatoms. The number of nitrogens with one attached hydrogen (secondary N) is 1. The highest BCUT2D eigenvalue weighted by atomic mass is 16.2. The lowest BCUT2D eigenvalue weighted by atomic mass is 9.91. The third-order valence-electron chi connectivity index (χ3n) is 8.84. The lowest BCUT2D eigenvalue weighted by molar-refractivity contribution is -0.132. The number of likely N-dealkylation sites (tertiary alicyclic amines) is 1. The van der Waals surface area contributed by atoms with Gasteiger partial charge in [-0.25, -0.2) is 19.6 Å². The van der Waals surface area contributed by atoms with Crippen molar-refractivity contribution < 1.29 is 4.79 Å². The van der Waals surface area contributed by atoms with E-state index >= 15 is 0 Å². The van der Waals surface area contributed by atoms with Crippen molar-refractivity contribution in [1.82, 2.24) is 39.5 Å². The molecule has 4 atom stereocenters. The topological polar surface area (TPSA) is 120 Å². The van der Waals surface area contributed by atoms with Crippen molar-refractivity contribution in [3.8, 4) is 22.9 Å². The number of hydrogen-bond donors (Lipinski definition) is 2. The van der Waals surface area contributed by atoms with Gasteiger partial charge >= 0.3 is 0 Å². The van der Waals surface area contributed by atoms with E-state index in [-0.39, 0.29) is 24.0 Å². The number of anilines is 1. The average Bonchev–Trinajstić information content (AvgIpc) is 3.76. The molecule has 10 nitrogen and oxygen atoms in total. The van der Waals surface area contributed by atoms with Gasteiger partial charge in [-0.3, -0.25) is 9.36 Å². The van der Waals surface area contributed by atoms with Crippen LogP contribution >= 0.6 is 0 Å². The number of rotatable bonds is 6. The summed E-state index contributed by atoms with van der Waals surface area (Å²) in [6, 6.07) is 17.2. The number of benzene rings is 1. The van der Waals surface area contributed by atoms with E-state index in [2.05, 4.69) is 58.6 Å². The second-order valence-corrected chi connectivity index (χ2v) is 11.6. The van der Waals surface area contributed by atoms with Crippen molar-refractivity contribution >= 4 is 22.9 Å². The van der Waals surface area contributed by atoms with Crippen molar-refractivity contribution in [3.63, 3.8) is 0 Å². The predicted molar refractivity (Wildman–Crippen MR) is 167 cm³/mol. The SMILES string of the molecule is C=CC(=O)N1[C@H](C)CC(NC2CCc3cc(-n4c(-c5cccnc5N)nc5ccc(-n6cccn6)nc54)ccc32)C[C@@H]1C. The van der Waals surface area contributed by atoms with Crippen LogP contribution in [-0.4, -0.2) is 58.2 Å². The van der Waals surface area contributed by atoms with Gasteiger partial charge in [0, 0.05) is 48.4 Å². The third kappa shape index (κ3) is 4.77. The molecule has 0 saturated carbocycles. The number of carbonyl (C=O) groups excluding carboxylic acids is 1. The summed E-state index contributed by atoms with van der Waals surface area (Å²) in [5.74, 6) is 1.84. The number of amides is 1. The first-order valence-corrected chi connectivity index (χ1v) is 14.9. The molecule has 1 aliphatic carbocycles. The largest absolute Gasteiger partial charge is 0.383 e. The molecule has 0 spiro atoms. The number of nitrogens with two attached hydrogens (primary N) is 1. The van der Waals surface area contributed by atoms with Crippen LogP contribution in [0.3, 0.4) is 0 Å². The van der Waals surface area contributed by atoms with E-state index in [1.54, 1.807) is 17.1 Å². The number of piperidine rings is 1. The number of aryl methyl sites for hydroxylation is 1. The highest BCUT2D eigenvalue weighted by Gasteiger charge is 2.35. The molecule has 1 aliphatic heterocycles. The first-order chi connectivity index (χ1) is 20.9. The summed E-state index contributed by atoms with van der Waals surface area (Å²) < 4.78 is 3.82. The molecule has 5 heterocycles. The molecule has 1 fully saturated rings. The molecule has 1 amide bonds. The number of nitrogens with zero attached hydrogens (tertiary/aromatic N) is 7. The van der Waals surface area contributed by atoms with Gasteiger partial charge in [0.05, 0.1) is 5.56 Å². The van der Waals surface area contributed by atoms with Crippen molar-refractivity contribution in [3.05, 3.63) is 90.9 Å². The molecule has 1 aromatic carbocycles. The van der Waals surface area contributed by atoms with Gasteiger partial charge in [-0.05, 0) is 99.2 Å². The van der Waals surface area contributed by atoms with Gasteiger partial charge in [0.1, 0.15) is 11.3 Å². The molecule has 3 N–H and O–H groups in total. The summed E-state index contributed by atoms with van der Waals surface area (Å²) in [5, 5.41) is 8.30. The standard InChI is InChI=1S/C33H35N9O/c1-4-30(43)41-20(2)17-23(18-21(41)3)37-27-11-8-22-19-24(9-10-25(22)27)42-32(26-7-5-14-35-31(26)34)38-28-12-13-29(39-33(28)42)40-16-6-15-36-40/h4-7,9-10,12-16,19-21,23,27,37H,1,8,11,17-18H2,2-3H3,(H2,34,35)/t20-,21+,23?,27?. The zero-order chi connectivity index (χ0) is 29.7. The predicted octanol–water partition coefficient (Wildman–Crippen LogP) is 4.78. The van der Waals surface area contributed by atoms with E-state index < -0.39 is 0 Å². The number of fused-ring (bicyclic) bond motifs is 2. The van der Waals surface area contributed by atoms with Crippen LogP contribution in [0.5, 0.6) is 0 Å². The Labute approximate surface area is 250 Å². The summed E-state index contributed by atoms with van der Waals surface area (Å²) in [5.41, 5.74) is 12.2. The van der Waals surface area contributed by atoms with Gasteiger partial charge in [0.15, 0.2) is 17.3 Å². The number of hydrogen-bond acceptors (Lipinski definition) is 7. The second kappa shape index (κ2) is 10.8. The minimum absolute atomic E-state index is 0.0165. The van der Waals surface area contributed by atoms with Gasteiger partial charge in [0.2, 0.25) is 5.91 Å². The van der Waals surface area contributed by atoms with Gasteiger partial charge in [-0.2, -0.15) is 5.10 Å². The molecule has 1 saturated heterocycles. The summed E-state index contributed by atoms with van der Waals surface area (Å²) >= 11 is 0. The van der Waals surface area contributed by atoms with Crippen LogP contribution in [0, 0.1) is 0 Å². The minimum Gasteiger partial charge on any atom is -0.383 e. The Morgan fingerprint density at radius 2 is 1.91 bits per heavy atom. The Hall–Kier alpha value is -4.83. The molecule has 0 bridgehead atoms. The van der Waals surface area contributed by atoms with Crippen LogP contribution in [0.2, 0.25) is 0 Å². The number of nitrogen functional groups attached to an aromatic ring is 1. The maximum absolute atomic E-state index is 12.4. The molecular weight excluding hydrogens is 538 g/mol. The molecular formula is C33H35N9O. The first-order valence-electron chi connectivity index (χ1n) is 14.9. The van der Waals surface area contributed by atoms with E-state index in [0.29, 0.717) is 23.5 Å². The Kier molecular flexibility index (Phi) is 6.78. The van der Waals surface area contributed by atoms with Gasteiger partial charge in [-0.1, -0.05) is 12.6 Å². The van der Waals surface area contributed by atoms with Crippen molar-refractivity contribution in [2.24, 2.45) is 0 Å². The zero-order valence-electron chi connectivity index (χ0n) is 24.4. The molecule has 2 unspecified atom stereocenters. The van der Waals surface area contributed by atoms with Gasteiger partial charge in [0.25, 0.3) is 0 Å². The molecule has 4 aromatic heterocycles. The molecule has 7 rings (SSSR count). The number of imidazole rings is 1. The number of carbonyl (C=O) groups is 1. The van der Waals surface area contributed by atoms with Crippen LogP contribution < -0.4 is 11.1 Å². The van der Waals surface area contributed by atoms with Crippen molar-refractivity contribution in [1.29, 1.82) is 0 Å². The first kappa shape index (κ1) is 27.0. The third-order valence-corrected chi connectivity index (χ3v) is 8.84. The summed E-state index contributed by atoms with van der Waals surface area (Å²) in [6.07, 6.45) is 10.6. The van der Waals surface area contributed by atoms with E-state index in [9.17, 15) is 4.79 Å². The summed E-state index contributed by atoms with van der Waals surface area (Å²) in [4.78, 5) is 28.6. The molecule has 5 aromatic rings. The zero-order valence-corrected chi connectivity index (χ0v) is 24.4. The smallest absolute Gasteiger partial charge is 0.246 e. The Morgan fingerprint density at radius 3 is 2.65 bits per heavy atom. The highest BCUT2D eigenvalue weighted by molar-refractivity contribution is 5.87. The Balaban J connectivity index is 1.24. The van der Waals surface area contributed by atoms with Crippen LogP contribution in [-0.2, 0) is 11.2 Å². The quantitative estimate of drug-likeness (QED) is 0.281. The van der Waals surface area contributed by atoms with Crippen molar-refractivity contribution in [2.75, 3.05) is 5.73 Å². The lowest BCUT2D eigenvalue weighted by Gasteiger charge is -2.43. The van der Waals surface area contributed by atoms with Crippen molar-refractivity contribution in [2.45, 2.75) is 63.7 Å². The van der Waals surface area contributed by atoms with Crippen LogP contribution in [0.15, 0.2) is 79.8 Å². The number of pyridine rings is 2. The molecule has 218 valence electrons. The van der Waals surface area contributed by atoms with Gasteiger partial charge in [-0.15, -0.1) is 0 Å². The number of aromatic nitrogens is 6.